The second-order valence-corrected chi connectivity index (χ2v) is 6.11. The molecule has 0 saturated heterocycles. The van der Waals surface area contributed by atoms with E-state index in [1.165, 1.54) is 28.4 Å². The van der Waals surface area contributed by atoms with Crippen molar-refractivity contribution in [3.63, 3.8) is 0 Å². The average Bonchev–Trinajstić information content (AvgIpc) is 2.86. The number of halogens is 1. The molecule has 1 heterocycles. The summed E-state index contributed by atoms with van der Waals surface area (Å²) in [4.78, 5) is 0. The topological polar surface area (TPSA) is 21.3 Å². The third kappa shape index (κ3) is 3.14. The first-order chi connectivity index (χ1) is 9.21. The van der Waals surface area contributed by atoms with Gasteiger partial charge in [-0.25, -0.2) is 0 Å². The number of ether oxygens (including phenoxy) is 1. The van der Waals surface area contributed by atoms with Crippen molar-refractivity contribution in [2.45, 2.75) is 46.1 Å². The molecular formula is C16H24BrNO. The summed E-state index contributed by atoms with van der Waals surface area (Å²) in [6, 6.07) is 4.82. The van der Waals surface area contributed by atoms with E-state index in [2.05, 4.69) is 54.2 Å². The maximum atomic E-state index is 5.89. The molecule has 1 unspecified atom stereocenters. The summed E-state index contributed by atoms with van der Waals surface area (Å²) in [6.45, 7) is 8.53. The fraction of sp³-hybridized carbons (Fsp3) is 0.625. The lowest BCUT2D eigenvalue weighted by molar-refractivity contribution is 0.317. The van der Waals surface area contributed by atoms with E-state index in [0.717, 1.165) is 25.3 Å². The number of hydrogen-bond donors (Lipinski definition) is 1. The van der Waals surface area contributed by atoms with Crippen LogP contribution in [0.3, 0.4) is 0 Å². The maximum absolute atomic E-state index is 5.89. The second kappa shape index (κ2) is 6.76. The highest BCUT2D eigenvalue weighted by atomic mass is 79.9. The van der Waals surface area contributed by atoms with Gasteiger partial charge in [0, 0.05) is 22.5 Å². The molecule has 3 heteroatoms. The van der Waals surface area contributed by atoms with Gasteiger partial charge in [-0.15, -0.1) is 0 Å². The Labute approximate surface area is 125 Å². The lowest BCUT2D eigenvalue weighted by atomic mass is 9.87. The highest BCUT2D eigenvalue weighted by molar-refractivity contribution is 9.10. The zero-order valence-electron chi connectivity index (χ0n) is 12.1. The number of benzene rings is 1. The quantitative estimate of drug-likeness (QED) is 0.833. The minimum absolute atomic E-state index is 0.393. The largest absolute Gasteiger partial charge is 0.493 e. The van der Waals surface area contributed by atoms with E-state index in [-0.39, 0.29) is 0 Å². The molecule has 1 N–H and O–H groups in total. The van der Waals surface area contributed by atoms with Crippen molar-refractivity contribution < 1.29 is 4.74 Å². The number of rotatable bonds is 6. The van der Waals surface area contributed by atoms with E-state index < -0.39 is 0 Å². The van der Waals surface area contributed by atoms with Gasteiger partial charge in [-0.1, -0.05) is 49.5 Å². The van der Waals surface area contributed by atoms with Crippen LogP contribution in [0.4, 0.5) is 0 Å². The summed E-state index contributed by atoms with van der Waals surface area (Å²) >= 11 is 3.64. The third-order valence-corrected chi connectivity index (χ3v) is 4.51. The molecule has 0 aromatic heterocycles. The van der Waals surface area contributed by atoms with Crippen LogP contribution in [0.2, 0.25) is 0 Å². The molecule has 0 fully saturated rings. The lowest BCUT2D eigenvalue weighted by Crippen LogP contribution is -2.28. The predicted octanol–water partition coefficient (Wildman–Crippen LogP) is 4.47. The molecule has 0 amide bonds. The SMILES string of the molecule is CCNC(c1cc(Br)cc2c1OCC2)C(CC)CC. The van der Waals surface area contributed by atoms with Gasteiger partial charge in [-0.3, -0.25) is 0 Å². The third-order valence-electron chi connectivity index (χ3n) is 4.06. The monoisotopic (exact) mass is 325 g/mol. The molecule has 0 aliphatic carbocycles. The Kier molecular flexibility index (Phi) is 5.28. The van der Waals surface area contributed by atoms with Crippen LogP contribution in [0, 0.1) is 5.92 Å². The summed E-state index contributed by atoms with van der Waals surface area (Å²) in [5.41, 5.74) is 2.68. The van der Waals surface area contributed by atoms with Gasteiger partial charge >= 0.3 is 0 Å². The van der Waals surface area contributed by atoms with Crippen LogP contribution >= 0.6 is 15.9 Å². The number of nitrogens with one attached hydrogen (secondary N) is 1. The highest BCUT2D eigenvalue weighted by Gasteiger charge is 2.27. The minimum Gasteiger partial charge on any atom is -0.493 e. The first-order valence-electron chi connectivity index (χ1n) is 7.39. The Morgan fingerprint density at radius 2 is 2.00 bits per heavy atom. The minimum atomic E-state index is 0.393. The summed E-state index contributed by atoms with van der Waals surface area (Å²) in [6.07, 6.45) is 3.41. The van der Waals surface area contributed by atoms with Crippen LogP contribution in [0.15, 0.2) is 16.6 Å². The van der Waals surface area contributed by atoms with E-state index in [9.17, 15) is 0 Å². The van der Waals surface area contributed by atoms with Crippen LogP contribution < -0.4 is 10.1 Å². The van der Waals surface area contributed by atoms with Gasteiger partial charge in [0.25, 0.3) is 0 Å². The molecule has 0 saturated carbocycles. The number of fused-ring (bicyclic) bond motifs is 1. The molecule has 19 heavy (non-hydrogen) atoms. The summed E-state index contributed by atoms with van der Waals surface area (Å²) in [5, 5.41) is 3.66. The molecule has 2 nitrogen and oxygen atoms in total. The Morgan fingerprint density at radius 3 is 2.63 bits per heavy atom. The van der Waals surface area contributed by atoms with Crippen molar-refractivity contribution >= 4 is 15.9 Å². The van der Waals surface area contributed by atoms with Crippen molar-refractivity contribution in [1.29, 1.82) is 0 Å². The van der Waals surface area contributed by atoms with Crippen LogP contribution in [0.5, 0.6) is 5.75 Å². The fourth-order valence-electron chi connectivity index (χ4n) is 3.04. The molecule has 2 rings (SSSR count). The van der Waals surface area contributed by atoms with Gasteiger partial charge in [-0.2, -0.15) is 0 Å². The van der Waals surface area contributed by atoms with E-state index in [1.807, 2.05) is 0 Å². The van der Waals surface area contributed by atoms with E-state index in [1.54, 1.807) is 0 Å². The van der Waals surface area contributed by atoms with Crippen LogP contribution in [-0.4, -0.2) is 13.2 Å². The maximum Gasteiger partial charge on any atom is 0.127 e. The number of hydrogen-bond acceptors (Lipinski definition) is 2. The van der Waals surface area contributed by atoms with Gasteiger partial charge < -0.3 is 10.1 Å². The van der Waals surface area contributed by atoms with Gasteiger partial charge in [0.2, 0.25) is 0 Å². The fourth-order valence-corrected chi connectivity index (χ4v) is 3.56. The Hall–Kier alpha value is -0.540. The lowest BCUT2D eigenvalue weighted by Gasteiger charge is -2.28. The zero-order chi connectivity index (χ0) is 13.8. The van der Waals surface area contributed by atoms with E-state index >= 15 is 0 Å². The molecule has 1 aliphatic rings. The van der Waals surface area contributed by atoms with Crippen LogP contribution in [-0.2, 0) is 6.42 Å². The van der Waals surface area contributed by atoms with Crippen LogP contribution in [0.25, 0.3) is 0 Å². The van der Waals surface area contributed by atoms with E-state index in [0.29, 0.717) is 12.0 Å². The Bertz CT molecular complexity index is 429. The average molecular weight is 326 g/mol. The molecule has 1 aromatic rings. The first kappa shape index (κ1) is 14.9. The van der Waals surface area contributed by atoms with Gasteiger partial charge in [0.1, 0.15) is 5.75 Å². The summed E-state index contributed by atoms with van der Waals surface area (Å²) in [7, 11) is 0. The van der Waals surface area contributed by atoms with Crippen LogP contribution in [0.1, 0.15) is 50.8 Å². The van der Waals surface area contributed by atoms with E-state index in [4.69, 9.17) is 4.74 Å². The van der Waals surface area contributed by atoms with Crippen molar-refractivity contribution in [3.05, 3.63) is 27.7 Å². The van der Waals surface area contributed by atoms with Crippen molar-refractivity contribution in [1.82, 2.24) is 5.32 Å². The molecule has 1 atom stereocenters. The Balaban J connectivity index is 2.41. The molecule has 0 bridgehead atoms. The van der Waals surface area contributed by atoms with Gasteiger partial charge in [0.05, 0.1) is 6.61 Å². The predicted molar refractivity (Wildman–Crippen MR) is 83.8 cm³/mol. The first-order valence-corrected chi connectivity index (χ1v) is 8.19. The summed E-state index contributed by atoms with van der Waals surface area (Å²) < 4.78 is 7.06. The molecule has 0 spiro atoms. The van der Waals surface area contributed by atoms with Crippen molar-refractivity contribution in [2.75, 3.05) is 13.2 Å². The Morgan fingerprint density at radius 1 is 1.26 bits per heavy atom. The molecule has 1 aromatic carbocycles. The van der Waals surface area contributed by atoms with Gasteiger partial charge in [-0.05, 0) is 30.2 Å². The zero-order valence-corrected chi connectivity index (χ0v) is 13.7. The normalized spacial score (nSPS) is 15.4. The molecule has 0 radical (unpaired) electrons. The summed E-state index contributed by atoms with van der Waals surface area (Å²) in [5.74, 6) is 1.78. The smallest absolute Gasteiger partial charge is 0.127 e. The van der Waals surface area contributed by atoms with Crippen molar-refractivity contribution in [3.8, 4) is 5.75 Å². The van der Waals surface area contributed by atoms with Crippen molar-refractivity contribution in [2.24, 2.45) is 5.92 Å². The highest BCUT2D eigenvalue weighted by Crippen LogP contribution is 2.40. The second-order valence-electron chi connectivity index (χ2n) is 5.19. The van der Waals surface area contributed by atoms with Gasteiger partial charge in [0.15, 0.2) is 0 Å². The molecule has 1 aliphatic heterocycles. The standard InChI is InChI=1S/C16H24BrNO/c1-4-11(5-2)15(18-6-3)14-10-13(17)9-12-7-8-19-16(12)14/h9-11,15,18H,4-8H2,1-3H3. The molecular weight excluding hydrogens is 302 g/mol. The molecule has 106 valence electrons.